The van der Waals surface area contributed by atoms with Gasteiger partial charge in [-0.3, -0.25) is 0 Å². The van der Waals surface area contributed by atoms with E-state index in [-0.39, 0.29) is 0 Å². The van der Waals surface area contributed by atoms with Gasteiger partial charge in [-0.15, -0.1) is 11.3 Å². The van der Waals surface area contributed by atoms with Crippen LogP contribution in [-0.2, 0) is 6.42 Å². The molecule has 128 valence electrons. The molecule has 2 nitrogen and oxygen atoms in total. The van der Waals surface area contributed by atoms with Crippen LogP contribution in [0.3, 0.4) is 0 Å². The predicted molar refractivity (Wildman–Crippen MR) is 109 cm³/mol. The van der Waals surface area contributed by atoms with E-state index in [1.165, 1.54) is 53.3 Å². The first-order valence-corrected chi connectivity index (χ1v) is 10.0. The number of hydrogen-bond acceptors (Lipinski definition) is 2. The third-order valence-corrected chi connectivity index (χ3v) is 6.32. The fraction of sp³-hybridized carbons (Fsp3) is 0.318. The molecule has 0 fully saturated rings. The van der Waals surface area contributed by atoms with Gasteiger partial charge in [0, 0.05) is 34.0 Å². The normalized spacial score (nSPS) is 17.6. The van der Waals surface area contributed by atoms with E-state index in [0.717, 1.165) is 10.8 Å². The minimum absolute atomic E-state index is 0.692. The fourth-order valence-electron chi connectivity index (χ4n) is 3.79. The van der Waals surface area contributed by atoms with E-state index in [4.69, 9.17) is 5.41 Å². The molecule has 0 spiro atoms. The van der Waals surface area contributed by atoms with Crippen LogP contribution in [0.4, 0.5) is 0 Å². The Morgan fingerprint density at radius 2 is 2.24 bits per heavy atom. The topological polar surface area (TPSA) is 39.6 Å². The van der Waals surface area contributed by atoms with E-state index >= 15 is 0 Å². The highest BCUT2D eigenvalue weighted by Gasteiger charge is 2.16. The van der Waals surface area contributed by atoms with Crippen molar-refractivity contribution < 1.29 is 0 Å². The number of benzene rings is 1. The molecule has 0 radical (unpaired) electrons. The minimum atomic E-state index is 0.692. The van der Waals surface area contributed by atoms with Crippen LogP contribution in [0.5, 0.6) is 0 Å². The van der Waals surface area contributed by atoms with Crippen LogP contribution in [0.2, 0.25) is 0 Å². The molecular weight excluding hydrogens is 324 g/mol. The van der Waals surface area contributed by atoms with Gasteiger partial charge in [0.05, 0.1) is 5.71 Å². The zero-order chi connectivity index (χ0) is 17.2. The van der Waals surface area contributed by atoms with Crippen molar-refractivity contribution in [2.45, 2.75) is 39.0 Å². The van der Waals surface area contributed by atoms with Crippen LogP contribution in [0, 0.1) is 11.3 Å². The number of H-pyrrole nitrogens is 1. The van der Waals surface area contributed by atoms with Gasteiger partial charge in [0.25, 0.3) is 0 Å². The average Bonchev–Trinajstić information content (AvgIpc) is 3.31. The van der Waals surface area contributed by atoms with E-state index in [2.05, 4.69) is 42.4 Å². The summed E-state index contributed by atoms with van der Waals surface area (Å²) in [5.74, 6) is 0.857. The maximum Gasteiger partial charge on any atom is 0.0529 e. The van der Waals surface area contributed by atoms with Gasteiger partial charge in [-0.1, -0.05) is 31.6 Å². The van der Waals surface area contributed by atoms with Gasteiger partial charge in [-0.2, -0.15) is 0 Å². The molecule has 2 aromatic heterocycles. The van der Waals surface area contributed by atoms with Gasteiger partial charge < -0.3 is 10.4 Å². The summed E-state index contributed by atoms with van der Waals surface area (Å²) in [6, 6.07) is 10.6. The highest BCUT2D eigenvalue weighted by molar-refractivity contribution is 7.12. The third kappa shape index (κ3) is 3.34. The Labute approximate surface area is 153 Å². The molecule has 1 aromatic carbocycles. The molecule has 3 heteroatoms. The quantitative estimate of drug-likeness (QED) is 0.499. The lowest BCUT2D eigenvalue weighted by Gasteiger charge is -2.20. The van der Waals surface area contributed by atoms with Gasteiger partial charge >= 0.3 is 0 Å². The Bertz CT molecular complexity index is 915. The number of hydrogen-bond donors (Lipinski definition) is 2. The molecule has 0 amide bonds. The smallest absolute Gasteiger partial charge is 0.0529 e. The summed E-state index contributed by atoms with van der Waals surface area (Å²) in [6.07, 6.45) is 10.3. The van der Waals surface area contributed by atoms with E-state index in [0.29, 0.717) is 12.1 Å². The second-order valence-electron chi connectivity index (χ2n) is 6.99. The van der Waals surface area contributed by atoms with Gasteiger partial charge in [0.2, 0.25) is 0 Å². The van der Waals surface area contributed by atoms with Crippen LogP contribution in [0.15, 0.2) is 48.0 Å². The van der Waals surface area contributed by atoms with Crippen molar-refractivity contribution in [3.8, 4) is 0 Å². The fourth-order valence-corrected chi connectivity index (χ4v) is 4.46. The number of aromatic nitrogens is 1. The Kier molecular flexibility index (Phi) is 4.58. The zero-order valence-electron chi connectivity index (χ0n) is 14.6. The standard InChI is InChI=1S/C22H24N2S/c1-2-15-5-8-17(9-6-15)19-14-24-21-10-7-16(12-18(19)21)13-20(23)22-4-3-11-25-22/h3-4,7-8,10-12,14-15,23-24H,2,5-6,9,13H2,1H3. The number of nitrogens with one attached hydrogen (secondary N) is 2. The first-order valence-electron chi connectivity index (χ1n) is 9.15. The Hall–Kier alpha value is -2.13. The summed E-state index contributed by atoms with van der Waals surface area (Å²) in [5.41, 5.74) is 5.96. The molecule has 2 N–H and O–H groups in total. The predicted octanol–water partition coefficient (Wildman–Crippen LogP) is 6.43. The molecule has 2 heterocycles. The van der Waals surface area contributed by atoms with Crippen molar-refractivity contribution in [2.24, 2.45) is 5.92 Å². The summed E-state index contributed by atoms with van der Waals surface area (Å²) in [5, 5.41) is 11.7. The Balaban J connectivity index is 1.62. The highest BCUT2D eigenvalue weighted by Crippen LogP contribution is 2.35. The summed E-state index contributed by atoms with van der Waals surface area (Å²) in [4.78, 5) is 4.49. The van der Waals surface area contributed by atoms with Crippen molar-refractivity contribution in [2.75, 3.05) is 0 Å². The highest BCUT2D eigenvalue weighted by atomic mass is 32.1. The van der Waals surface area contributed by atoms with Crippen LogP contribution < -0.4 is 0 Å². The van der Waals surface area contributed by atoms with Crippen molar-refractivity contribution in [3.63, 3.8) is 0 Å². The van der Waals surface area contributed by atoms with Crippen molar-refractivity contribution in [1.82, 2.24) is 4.98 Å². The SMILES string of the molecule is CCC1CC=C(c2c[nH]c3ccc(CC(=N)c4cccs4)cc23)CC1. The van der Waals surface area contributed by atoms with Gasteiger partial charge in [0.15, 0.2) is 0 Å². The first-order chi connectivity index (χ1) is 12.2. The number of aromatic amines is 1. The van der Waals surface area contributed by atoms with Gasteiger partial charge in [-0.25, -0.2) is 0 Å². The number of thiophene rings is 1. The van der Waals surface area contributed by atoms with E-state index in [1.807, 2.05) is 17.5 Å². The Morgan fingerprint density at radius 1 is 1.32 bits per heavy atom. The third-order valence-electron chi connectivity index (χ3n) is 5.39. The summed E-state index contributed by atoms with van der Waals surface area (Å²) >= 11 is 1.64. The van der Waals surface area contributed by atoms with Crippen LogP contribution >= 0.6 is 11.3 Å². The maximum atomic E-state index is 8.34. The molecular formula is C22H24N2S. The second kappa shape index (κ2) is 7.01. The molecule has 1 aliphatic carbocycles. The Morgan fingerprint density at radius 3 is 2.96 bits per heavy atom. The summed E-state index contributed by atoms with van der Waals surface area (Å²) < 4.78 is 0. The molecule has 0 bridgehead atoms. The number of allylic oxidation sites excluding steroid dienone is 2. The van der Waals surface area contributed by atoms with Crippen LogP contribution in [0.25, 0.3) is 16.5 Å². The molecule has 0 saturated heterocycles. The molecule has 3 aromatic rings. The number of fused-ring (bicyclic) bond motifs is 1. The van der Waals surface area contributed by atoms with Crippen molar-refractivity contribution in [1.29, 1.82) is 5.41 Å². The second-order valence-corrected chi connectivity index (χ2v) is 7.94. The van der Waals surface area contributed by atoms with Crippen LogP contribution in [0.1, 0.15) is 48.6 Å². The lowest BCUT2D eigenvalue weighted by Crippen LogP contribution is -2.04. The van der Waals surface area contributed by atoms with Crippen molar-refractivity contribution in [3.05, 3.63) is 64.0 Å². The molecule has 0 aliphatic heterocycles. The zero-order valence-corrected chi connectivity index (χ0v) is 15.5. The first kappa shape index (κ1) is 16.3. The van der Waals surface area contributed by atoms with E-state index < -0.39 is 0 Å². The monoisotopic (exact) mass is 348 g/mol. The average molecular weight is 349 g/mol. The lowest BCUT2D eigenvalue weighted by atomic mass is 9.85. The van der Waals surface area contributed by atoms with E-state index in [1.54, 1.807) is 11.3 Å². The number of rotatable bonds is 5. The molecule has 4 rings (SSSR count). The molecule has 1 atom stereocenters. The van der Waals surface area contributed by atoms with E-state index in [9.17, 15) is 0 Å². The molecule has 1 aliphatic rings. The molecule has 25 heavy (non-hydrogen) atoms. The largest absolute Gasteiger partial charge is 0.361 e. The van der Waals surface area contributed by atoms with Crippen molar-refractivity contribution >= 4 is 33.5 Å². The van der Waals surface area contributed by atoms with Crippen LogP contribution in [-0.4, -0.2) is 10.7 Å². The van der Waals surface area contributed by atoms with Gasteiger partial charge in [0.1, 0.15) is 0 Å². The summed E-state index contributed by atoms with van der Waals surface area (Å²) in [7, 11) is 0. The molecule has 0 saturated carbocycles. The lowest BCUT2D eigenvalue weighted by molar-refractivity contribution is 0.471. The minimum Gasteiger partial charge on any atom is -0.361 e. The molecule has 1 unspecified atom stereocenters. The van der Waals surface area contributed by atoms with Gasteiger partial charge in [-0.05, 0) is 59.9 Å². The summed E-state index contributed by atoms with van der Waals surface area (Å²) in [6.45, 7) is 2.30. The maximum absolute atomic E-state index is 8.34.